The smallest absolute Gasteiger partial charge is 0.317 e. The highest BCUT2D eigenvalue weighted by atomic mass is 16.4. The van der Waals surface area contributed by atoms with Crippen molar-refractivity contribution in [3.63, 3.8) is 0 Å². The summed E-state index contributed by atoms with van der Waals surface area (Å²) in [6.07, 6.45) is 8.30. The van der Waals surface area contributed by atoms with E-state index in [2.05, 4.69) is 9.97 Å². The van der Waals surface area contributed by atoms with E-state index < -0.39 is 5.97 Å². The maximum absolute atomic E-state index is 11.3. The van der Waals surface area contributed by atoms with E-state index in [0.29, 0.717) is 5.95 Å². The third kappa shape index (κ3) is 3.93. The van der Waals surface area contributed by atoms with E-state index >= 15 is 0 Å². The molecule has 0 aliphatic carbocycles. The fourth-order valence-corrected chi connectivity index (χ4v) is 3.27. The van der Waals surface area contributed by atoms with Gasteiger partial charge in [-0.15, -0.1) is 0 Å². The molecule has 0 amide bonds. The Morgan fingerprint density at radius 2 is 2.08 bits per heavy atom. The maximum Gasteiger partial charge on any atom is 0.317 e. The molecule has 3 heterocycles. The van der Waals surface area contributed by atoms with Crippen molar-refractivity contribution in [3.8, 4) is 11.1 Å². The maximum atomic E-state index is 11.3. The van der Waals surface area contributed by atoms with Crippen LogP contribution in [0.2, 0.25) is 0 Å². The van der Waals surface area contributed by atoms with E-state index in [0.717, 1.165) is 42.6 Å². The van der Waals surface area contributed by atoms with Crippen LogP contribution in [0.3, 0.4) is 0 Å². The summed E-state index contributed by atoms with van der Waals surface area (Å²) in [7, 11) is 3.81. The molecule has 2 aromatic rings. The molecule has 1 aliphatic rings. The van der Waals surface area contributed by atoms with Crippen LogP contribution in [-0.2, 0) is 4.79 Å². The lowest BCUT2D eigenvalue weighted by Crippen LogP contribution is -2.38. The van der Waals surface area contributed by atoms with Gasteiger partial charge in [-0.3, -0.25) is 14.7 Å². The van der Waals surface area contributed by atoms with Gasteiger partial charge in [0.1, 0.15) is 0 Å². The molecule has 0 spiro atoms. The normalized spacial score (nSPS) is 18.1. The summed E-state index contributed by atoms with van der Waals surface area (Å²) in [5, 5.41) is 9.27. The van der Waals surface area contributed by atoms with Crippen LogP contribution >= 0.6 is 0 Å². The Balaban J connectivity index is 2.07. The minimum atomic E-state index is -0.806. The van der Waals surface area contributed by atoms with Crippen molar-refractivity contribution < 1.29 is 9.90 Å². The first kappa shape index (κ1) is 17.3. The average Bonchev–Trinajstić information content (AvgIpc) is 2.62. The van der Waals surface area contributed by atoms with Crippen LogP contribution in [-0.4, -0.2) is 58.1 Å². The van der Waals surface area contributed by atoms with Crippen LogP contribution in [0.5, 0.6) is 0 Å². The number of rotatable bonds is 5. The number of aromatic nitrogens is 3. The number of carboxylic acids is 1. The van der Waals surface area contributed by atoms with Crippen LogP contribution in [0, 0.1) is 0 Å². The molecule has 1 N–H and O–H groups in total. The predicted molar refractivity (Wildman–Crippen MR) is 95.4 cm³/mol. The number of carbonyl (C=O) groups is 1. The standard InChI is InChI=1S/C18H23N5O2/c1-22(2)18-20-11-14(13-6-8-19-9-7-13)17(21-18)15-5-3-4-10-23(15)12-16(24)25/h6-9,11,15H,3-5,10,12H2,1-2H3,(H,24,25). The van der Waals surface area contributed by atoms with E-state index in [-0.39, 0.29) is 12.6 Å². The highest BCUT2D eigenvalue weighted by Crippen LogP contribution is 2.35. The van der Waals surface area contributed by atoms with E-state index in [4.69, 9.17) is 4.98 Å². The molecule has 1 saturated heterocycles. The predicted octanol–water partition coefficient (Wildman–Crippen LogP) is 2.22. The number of pyridine rings is 1. The quantitative estimate of drug-likeness (QED) is 0.893. The molecule has 7 nitrogen and oxygen atoms in total. The zero-order valence-electron chi connectivity index (χ0n) is 14.6. The van der Waals surface area contributed by atoms with E-state index in [1.54, 1.807) is 12.4 Å². The number of anilines is 1. The topological polar surface area (TPSA) is 82.5 Å². The molecular formula is C18H23N5O2. The Kier molecular flexibility index (Phi) is 5.23. The summed E-state index contributed by atoms with van der Waals surface area (Å²) >= 11 is 0. The minimum Gasteiger partial charge on any atom is -0.480 e. The van der Waals surface area contributed by atoms with Crippen LogP contribution in [0.25, 0.3) is 11.1 Å². The Morgan fingerprint density at radius 1 is 1.32 bits per heavy atom. The molecule has 3 rings (SSSR count). The monoisotopic (exact) mass is 341 g/mol. The average molecular weight is 341 g/mol. The third-order valence-electron chi connectivity index (χ3n) is 4.46. The Labute approximate surface area is 147 Å². The van der Waals surface area contributed by atoms with Crippen molar-refractivity contribution in [2.75, 3.05) is 32.1 Å². The van der Waals surface area contributed by atoms with Gasteiger partial charge in [-0.25, -0.2) is 9.97 Å². The number of hydrogen-bond donors (Lipinski definition) is 1. The summed E-state index contributed by atoms with van der Waals surface area (Å²) in [6, 6.07) is 3.85. The van der Waals surface area contributed by atoms with Gasteiger partial charge in [-0.2, -0.15) is 0 Å². The first-order valence-electron chi connectivity index (χ1n) is 8.47. The van der Waals surface area contributed by atoms with Gasteiger partial charge in [-0.05, 0) is 37.1 Å². The summed E-state index contributed by atoms with van der Waals surface area (Å²) in [6.45, 7) is 0.801. The van der Waals surface area contributed by atoms with E-state index in [1.165, 1.54) is 0 Å². The van der Waals surface area contributed by atoms with Gasteiger partial charge in [0, 0.05) is 38.2 Å². The second-order valence-electron chi connectivity index (χ2n) is 6.48. The molecule has 132 valence electrons. The minimum absolute atomic E-state index is 0.0188. The van der Waals surface area contributed by atoms with Crippen molar-refractivity contribution >= 4 is 11.9 Å². The Hall–Kier alpha value is -2.54. The van der Waals surface area contributed by atoms with Crippen molar-refractivity contribution in [3.05, 3.63) is 36.4 Å². The lowest BCUT2D eigenvalue weighted by Gasteiger charge is -2.35. The van der Waals surface area contributed by atoms with Crippen LogP contribution in [0.1, 0.15) is 31.0 Å². The molecule has 25 heavy (non-hydrogen) atoms. The highest BCUT2D eigenvalue weighted by Gasteiger charge is 2.29. The summed E-state index contributed by atoms with van der Waals surface area (Å²) < 4.78 is 0. The zero-order chi connectivity index (χ0) is 17.8. The van der Waals surface area contributed by atoms with Gasteiger partial charge >= 0.3 is 5.97 Å². The van der Waals surface area contributed by atoms with Crippen molar-refractivity contribution in [2.45, 2.75) is 25.3 Å². The summed E-state index contributed by atoms with van der Waals surface area (Å²) in [5.41, 5.74) is 2.83. The van der Waals surface area contributed by atoms with Crippen LogP contribution in [0.4, 0.5) is 5.95 Å². The highest BCUT2D eigenvalue weighted by molar-refractivity contribution is 5.70. The number of likely N-dealkylation sites (tertiary alicyclic amines) is 1. The van der Waals surface area contributed by atoms with Gasteiger partial charge in [-0.1, -0.05) is 6.42 Å². The summed E-state index contributed by atoms with van der Waals surface area (Å²) in [5.74, 6) is -0.173. The van der Waals surface area contributed by atoms with Crippen molar-refractivity contribution in [2.24, 2.45) is 0 Å². The van der Waals surface area contributed by atoms with E-state index in [9.17, 15) is 9.90 Å². The Morgan fingerprint density at radius 3 is 2.76 bits per heavy atom. The van der Waals surface area contributed by atoms with Gasteiger partial charge in [0.05, 0.1) is 18.3 Å². The number of aliphatic carboxylic acids is 1. The second-order valence-corrected chi connectivity index (χ2v) is 6.48. The second kappa shape index (κ2) is 7.57. The SMILES string of the molecule is CN(C)c1ncc(-c2ccncc2)c(C2CCCCN2CC(=O)O)n1. The number of piperidine rings is 1. The molecule has 1 aliphatic heterocycles. The molecule has 1 fully saturated rings. The fraction of sp³-hybridized carbons (Fsp3) is 0.444. The molecule has 1 atom stereocenters. The molecule has 0 radical (unpaired) electrons. The fourth-order valence-electron chi connectivity index (χ4n) is 3.27. The summed E-state index contributed by atoms with van der Waals surface area (Å²) in [4.78, 5) is 28.5. The molecule has 7 heteroatoms. The van der Waals surface area contributed by atoms with E-state index in [1.807, 2.05) is 42.2 Å². The lowest BCUT2D eigenvalue weighted by molar-refractivity contribution is -0.139. The zero-order valence-corrected chi connectivity index (χ0v) is 14.6. The molecule has 0 bridgehead atoms. The van der Waals surface area contributed by atoms with Gasteiger partial charge in [0.15, 0.2) is 0 Å². The molecular weight excluding hydrogens is 318 g/mol. The first-order valence-corrected chi connectivity index (χ1v) is 8.47. The van der Waals surface area contributed by atoms with Gasteiger partial charge in [0.2, 0.25) is 5.95 Å². The van der Waals surface area contributed by atoms with Gasteiger partial charge < -0.3 is 10.0 Å². The largest absolute Gasteiger partial charge is 0.480 e. The molecule has 0 aromatic carbocycles. The third-order valence-corrected chi connectivity index (χ3v) is 4.46. The van der Waals surface area contributed by atoms with Crippen molar-refractivity contribution in [1.29, 1.82) is 0 Å². The molecule has 2 aromatic heterocycles. The Bertz CT molecular complexity index is 736. The molecule has 1 unspecified atom stereocenters. The van der Waals surface area contributed by atoms with Crippen LogP contribution in [0.15, 0.2) is 30.7 Å². The number of nitrogens with zero attached hydrogens (tertiary/aromatic N) is 5. The van der Waals surface area contributed by atoms with Gasteiger partial charge in [0.25, 0.3) is 0 Å². The van der Waals surface area contributed by atoms with Crippen LogP contribution < -0.4 is 4.90 Å². The number of carboxylic acid groups (broad SMARTS) is 1. The number of hydrogen-bond acceptors (Lipinski definition) is 6. The molecule has 0 saturated carbocycles. The lowest BCUT2D eigenvalue weighted by atomic mass is 9.94. The first-order chi connectivity index (χ1) is 12.1. The van der Waals surface area contributed by atoms with Crippen molar-refractivity contribution in [1.82, 2.24) is 19.9 Å².